The lowest BCUT2D eigenvalue weighted by Gasteiger charge is -2.33. The molecule has 0 saturated carbocycles. The molecule has 0 radical (unpaired) electrons. The van der Waals surface area contributed by atoms with Crippen molar-refractivity contribution in [2.45, 2.75) is 37.8 Å². The maximum atomic E-state index is 12.1. The fourth-order valence-corrected chi connectivity index (χ4v) is 2.56. The van der Waals surface area contributed by atoms with Crippen LogP contribution in [0.25, 0.3) is 0 Å². The quantitative estimate of drug-likeness (QED) is 0.651. The Morgan fingerprint density at radius 1 is 1.33 bits per heavy atom. The Morgan fingerprint density at radius 2 is 2.05 bits per heavy atom. The molecule has 2 aliphatic heterocycles. The van der Waals surface area contributed by atoms with Crippen LogP contribution in [0.5, 0.6) is 0 Å². The van der Waals surface area contributed by atoms with Gasteiger partial charge < -0.3 is 25.4 Å². The molecule has 0 bridgehead atoms. The summed E-state index contributed by atoms with van der Waals surface area (Å²) >= 11 is 0. The third-order valence-electron chi connectivity index (χ3n) is 3.75. The largest absolute Gasteiger partial charge is 0.480 e. The van der Waals surface area contributed by atoms with Crippen LogP contribution in [0.4, 0.5) is 4.79 Å². The van der Waals surface area contributed by atoms with Crippen molar-refractivity contribution in [3.05, 3.63) is 0 Å². The van der Waals surface area contributed by atoms with Gasteiger partial charge in [0.25, 0.3) is 0 Å². The fraction of sp³-hybridized carbons (Fsp3) is 0.769. The number of piperidine rings is 2. The van der Waals surface area contributed by atoms with Crippen LogP contribution >= 0.6 is 0 Å². The lowest BCUT2D eigenvalue weighted by atomic mass is 10.1. The molecule has 3 amide bonds. The van der Waals surface area contributed by atoms with Crippen molar-refractivity contribution in [2.75, 3.05) is 26.2 Å². The van der Waals surface area contributed by atoms with Gasteiger partial charge in [0.15, 0.2) is 0 Å². The molecule has 2 rings (SSSR count). The number of carboxylic acid groups (broad SMARTS) is 1. The van der Waals surface area contributed by atoms with Gasteiger partial charge in [0.2, 0.25) is 5.91 Å². The van der Waals surface area contributed by atoms with Gasteiger partial charge in [0.1, 0.15) is 12.6 Å². The summed E-state index contributed by atoms with van der Waals surface area (Å²) in [7, 11) is 0. The Bertz CT molecular complexity index is 407. The van der Waals surface area contributed by atoms with E-state index in [2.05, 4.69) is 10.6 Å². The van der Waals surface area contributed by atoms with Crippen LogP contribution in [0.2, 0.25) is 0 Å². The lowest BCUT2D eigenvalue weighted by Crippen LogP contribution is -2.55. The van der Waals surface area contributed by atoms with Crippen LogP contribution in [0, 0.1) is 0 Å². The zero-order valence-electron chi connectivity index (χ0n) is 11.8. The highest BCUT2D eigenvalue weighted by Gasteiger charge is 2.28. The normalized spacial score (nSPS) is 23.5. The molecule has 3 N–H and O–H groups in total. The number of carbonyl (C=O) groups is 3. The molecule has 2 saturated heterocycles. The van der Waals surface area contributed by atoms with Gasteiger partial charge in [-0.15, -0.1) is 0 Å². The summed E-state index contributed by atoms with van der Waals surface area (Å²) in [6.45, 7) is 1.37. The standard InChI is InChI=1S/C13H21N3O5/c17-11(18)8-21-9-3-6-16(7-4-9)13(20)15-10-2-1-5-14-12(10)19/h9-10H,1-8H2,(H,14,19)(H,15,20)(H,17,18). The SMILES string of the molecule is O=C(O)COC1CCN(C(=O)NC2CCCNC2=O)CC1. The van der Waals surface area contributed by atoms with E-state index in [4.69, 9.17) is 9.84 Å². The molecule has 2 fully saturated rings. The van der Waals surface area contributed by atoms with Gasteiger partial charge in [0.05, 0.1) is 6.10 Å². The molecule has 1 unspecified atom stereocenters. The van der Waals surface area contributed by atoms with Crippen molar-refractivity contribution in [1.29, 1.82) is 0 Å². The highest BCUT2D eigenvalue weighted by Crippen LogP contribution is 2.14. The molecule has 0 aromatic carbocycles. The second kappa shape index (κ2) is 7.26. The predicted molar refractivity (Wildman–Crippen MR) is 72.7 cm³/mol. The number of urea groups is 1. The topological polar surface area (TPSA) is 108 Å². The molecule has 0 aromatic rings. The summed E-state index contributed by atoms with van der Waals surface area (Å²) in [5, 5.41) is 14.0. The maximum absolute atomic E-state index is 12.1. The monoisotopic (exact) mass is 299 g/mol. The van der Waals surface area contributed by atoms with Gasteiger partial charge >= 0.3 is 12.0 Å². The number of aliphatic carboxylic acids is 1. The van der Waals surface area contributed by atoms with Crippen LogP contribution in [0.1, 0.15) is 25.7 Å². The summed E-state index contributed by atoms with van der Waals surface area (Å²) in [6.07, 6.45) is 2.62. The summed E-state index contributed by atoms with van der Waals surface area (Å²) in [5.74, 6) is -1.12. The minimum Gasteiger partial charge on any atom is -0.480 e. The van der Waals surface area contributed by atoms with Crippen LogP contribution in [-0.2, 0) is 14.3 Å². The van der Waals surface area contributed by atoms with Crippen LogP contribution in [0.3, 0.4) is 0 Å². The first-order valence-electron chi connectivity index (χ1n) is 7.23. The van der Waals surface area contributed by atoms with Gasteiger partial charge in [-0.3, -0.25) is 4.79 Å². The minimum atomic E-state index is -0.988. The lowest BCUT2D eigenvalue weighted by molar-refractivity contribution is -0.145. The third-order valence-corrected chi connectivity index (χ3v) is 3.75. The van der Waals surface area contributed by atoms with Crippen LogP contribution in [0.15, 0.2) is 0 Å². The summed E-state index contributed by atoms with van der Waals surface area (Å²) in [6, 6.07) is -0.694. The number of nitrogens with one attached hydrogen (secondary N) is 2. The number of nitrogens with zero attached hydrogens (tertiary/aromatic N) is 1. The zero-order valence-corrected chi connectivity index (χ0v) is 11.8. The summed E-state index contributed by atoms with van der Waals surface area (Å²) < 4.78 is 5.22. The van der Waals surface area contributed by atoms with E-state index in [1.165, 1.54) is 0 Å². The number of amides is 3. The molecule has 21 heavy (non-hydrogen) atoms. The van der Waals surface area contributed by atoms with Crippen molar-refractivity contribution in [2.24, 2.45) is 0 Å². The molecule has 8 heteroatoms. The van der Waals surface area contributed by atoms with Gasteiger partial charge in [-0.1, -0.05) is 0 Å². The van der Waals surface area contributed by atoms with E-state index in [9.17, 15) is 14.4 Å². The second-order valence-electron chi connectivity index (χ2n) is 5.33. The van der Waals surface area contributed by atoms with Crippen LogP contribution < -0.4 is 10.6 Å². The molecule has 0 aliphatic carbocycles. The molecule has 0 aromatic heterocycles. The highest BCUT2D eigenvalue weighted by molar-refractivity contribution is 5.87. The minimum absolute atomic E-state index is 0.122. The smallest absolute Gasteiger partial charge is 0.329 e. The first kappa shape index (κ1) is 15.6. The maximum Gasteiger partial charge on any atom is 0.329 e. The van der Waals surface area contributed by atoms with E-state index >= 15 is 0 Å². The highest BCUT2D eigenvalue weighted by atomic mass is 16.5. The zero-order chi connectivity index (χ0) is 15.2. The second-order valence-corrected chi connectivity index (χ2v) is 5.33. The van der Waals surface area contributed by atoms with Crippen LogP contribution in [-0.4, -0.2) is 66.3 Å². The average Bonchev–Trinajstić information content (AvgIpc) is 2.48. The molecule has 8 nitrogen and oxygen atoms in total. The number of ether oxygens (including phenoxy) is 1. The first-order valence-corrected chi connectivity index (χ1v) is 7.23. The van der Waals surface area contributed by atoms with Crippen molar-refractivity contribution in [3.8, 4) is 0 Å². The molecule has 118 valence electrons. The Morgan fingerprint density at radius 3 is 2.67 bits per heavy atom. The van der Waals surface area contributed by atoms with Crippen molar-refractivity contribution in [3.63, 3.8) is 0 Å². The third kappa shape index (κ3) is 4.59. The molecule has 0 spiro atoms. The average molecular weight is 299 g/mol. The van der Waals surface area contributed by atoms with E-state index in [0.717, 1.165) is 6.42 Å². The molecule has 2 heterocycles. The molecular formula is C13H21N3O5. The number of hydrogen-bond acceptors (Lipinski definition) is 4. The number of rotatable bonds is 4. The predicted octanol–water partition coefficient (Wildman–Crippen LogP) is -0.460. The summed E-state index contributed by atoms with van der Waals surface area (Å²) in [5.41, 5.74) is 0. The fourth-order valence-electron chi connectivity index (χ4n) is 2.56. The number of carboxylic acids is 1. The molecule has 1 atom stereocenters. The Kier molecular flexibility index (Phi) is 5.38. The van der Waals surface area contributed by atoms with Gasteiger partial charge in [0, 0.05) is 19.6 Å². The Hall–Kier alpha value is -1.83. The number of carbonyl (C=O) groups excluding carboxylic acids is 2. The summed E-state index contributed by atoms with van der Waals surface area (Å²) in [4.78, 5) is 35.7. The molecular weight excluding hydrogens is 278 g/mol. The number of hydrogen-bond donors (Lipinski definition) is 3. The van der Waals surface area contributed by atoms with E-state index in [1.54, 1.807) is 4.90 Å². The van der Waals surface area contributed by atoms with Crippen molar-refractivity contribution >= 4 is 17.9 Å². The first-order chi connectivity index (χ1) is 10.1. The number of likely N-dealkylation sites (tertiary alicyclic amines) is 1. The molecule has 2 aliphatic rings. The Labute approximate surface area is 122 Å². The van der Waals surface area contributed by atoms with Gasteiger partial charge in [-0.05, 0) is 25.7 Å². The van der Waals surface area contributed by atoms with E-state index in [1.807, 2.05) is 0 Å². The Balaban J connectivity index is 1.72. The van der Waals surface area contributed by atoms with E-state index < -0.39 is 12.0 Å². The van der Waals surface area contributed by atoms with E-state index in [-0.39, 0.29) is 24.6 Å². The van der Waals surface area contributed by atoms with Crippen molar-refractivity contribution < 1.29 is 24.2 Å². The van der Waals surface area contributed by atoms with E-state index in [0.29, 0.717) is 38.9 Å². The van der Waals surface area contributed by atoms with Crippen molar-refractivity contribution in [1.82, 2.24) is 15.5 Å². The van der Waals surface area contributed by atoms with Gasteiger partial charge in [-0.25, -0.2) is 9.59 Å². The van der Waals surface area contributed by atoms with Gasteiger partial charge in [-0.2, -0.15) is 0 Å².